The van der Waals surface area contributed by atoms with E-state index in [1.807, 2.05) is 30.3 Å². The van der Waals surface area contributed by atoms with E-state index in [9.17, 15) is 14.0 Å². The molecule has 0 heterocycles. The van der Waals surface area contributed by atoms with Crippen molar-refractivity contribution < 1.29 is 23.5 Å². The smallest absolute Gasteiger partial charge is 0.260 e. The molecule has 3 aromatic carbocycles. The molecule has 0 saturated carbocycles. The molecule has 0 spiro atoms. The summed E-state index contributed by atoms with van der Waals surface area (Å²) < 4.78 is 24.4. The molecule has 0 bridgehead atoms. The molecular weight excluding hydrogens is 399 g/mol. The van der Waals surface area contributed by atoms with Crippen LogP contribution < -0.4 is 14.8 Å². The first kappa shape index (κ1) is 21.8. The van der Waals surface area contributed by atoms with Gasteiger partial charge in [0.2, 0.25) is 5.91 Å². The molecule has 0 fully saturated rings. The largest absolute Gasteiger partial charge is 0.489 e. The minimum Gasteiger partial charge on any atom is -0.489 e. The summed E-state index contributed by atoms with van der Waals surface area (Å²) in [6.07, 6.45) is 0. The second-order valence-corrected chi connectivity index (χ2v) is 6.84. The molecule has 0 aromatic heterocycles. The molecule has 3 rings (SSSR count). The highest BCUT2D eigenvalue weighted by molar-refractivity contribution is 5.94. The molecule has 0 unspecified atom stereocenters. The molecule has 3 aromatic rings. The Morgan fingerprint density at radius 1 is 0.903 bits per heavy atom. The Labute approximate surface area is 180 Å². The molecule has 2 amide bonds. The van der Waals surface area contributed by atoms with Crippen LogP contribution in [-0.4, -0.2) is 36.9 Å². The number of carbonyl (C=O) groups is 2. The van der Waals surface area contributed by atoms with E-state index in [-0.39, 0.29) is 19.1 Å². The third kappa shape index (κ3) is 7.15. The van der Waals surface area contributed by atoms with Crippen LogP contribution in [0.3, 0.4) is 0 Å². The Balaban J connectivity index is 1.41. The first-order valence-electron chi connectivity index (χ1n) is 9.68. The lowest BCUT2D eigenvalue weighted by Gasteiger charge is -2.17. The van der Waals surface area contributed by atoms with Crippen LogP contribution in [0.25, 0.3) is 0 Å². The molecular formula is C24H23FN2O4. The molecule has 160 valence electrons. The summed E-state index contributed by atoms with van der Waals surface area (Å²) in [6.45, 7) is 0.0704. The van der Waals surface area contributed by atoms with Crippen molar-refractivity contribution in [2.24, 2.45) is 0 Å². The summed E-state index contributed by atoms with van der Waals surface area (Å²) in [7, 11) is 1.50. The van der Waals surface area contributed by atoms with E-state index in [1.165, 1.54) is 30.1 Å². The summed E-state index contributed by atoms with van der Waals surface area (Å²) in [5.74, 6) is -0.0426. The van der Waals surface area contributed by atoms with Crippen molar-refractivity contribution in [3.63, 3.8) is 0 Å². The second-order valence-electron chi connectivity index (χ2n) is 6.84. The summed E-state index contributed by atoms with van der Waals surface area (Å²) >= 11 is 0. The maximum absolute atomic E-state index is 13.2. The maximum atomic E-state index is 13.2. The van der Waals surface area contributed by atoms with Gasteiger partial charge in [0, 0.05) is 12.7 Å². The van der Waals surface area contributed by atoms with E-state index in [0.29, 0.717) is 23.8 Å². The Morgan fingerprint density at radius 3 is 2.26 bits per heavy atom. The van der Waals surface area contributed by atoms with E-state index in [1.54, 1.807) is 30.3 Å². The molecule has 0 atom stereocenters. The topological polar surface area (TPSA) is 67.9 Å². The van der Waals surface area contributed by atoms with Gasteiger partial charge in [0.15, 0.2) is 6.61 Å². The molecule has 0 aliphatic heterocycles. The third-order valence-electron chi connectivity index (χ3n) is 4.35. The fourth-order valence-corrected chi connectivity index (χ4v) is 2.70. The summed E-state index contributed by atoms with van der Waals surface area (Å²) in [5.41, 5.74) is 1.40. The van der Waals surface area contributed by atoms with Crippen molar-refractivity contribution in [1.82, 2.24) is 4.90 Å². The van der Waals surface area contributed by atoms with E-state index in [0.717, 1.165) is 5.56 Å². The zero-order chi connectivity index (χ0) is 22.1. The van der Waals surface area contributed by atoms with Crippen molar-refractivity contribution in [2.75, 3.05) is 25.5 Å². The van der Waals surface area contributed by atoms with E-state index < -0.39 is 11.7 Å². The Morgan fingerprint density at radius 2 is 1.58 bits per heavy atom. The van der Waals surface area contributed by atoms with E-state index in [2.05, 4.69) is 5.32 Å². The lowest BCUT2D eigenvalue weighted by atomic mass is 10.2. The quantitative estimate of drug-likeness (QED) is 0.568. The molecule has 0 aliphatic rings. The number of ether oxygens (including phenoxy) is 2. The molecule has 31 heavy (non-hydrogen) atoms. The monoisotopic (exact) mass is 422 g/mol. The molecule has 0 saturated heterocycles. The maximum Gasteiger partial charge on any atom is 0.260 e. The molecule has 7 heteroatoms. The van der Waals surface area contributed by atoms with Gasteiger partial charge in [-0.2, -0.15) is 0 Å². The Kier molecular flexibility index (Phi) is 7.59. The first-order valence-corrected chi connectivity index (χ1v) is 9.68. The van der Waals surface area contributed by atoms with Gasteiger partial charge in [-0.3, -0.25) is 9.59 Å². The minimum absolute atomic E-state index is 0.176. The number of carbonyl (C=O) groups excluding carboxylic acids is 2. The third-order valence-corrected chi connectivity index (χ3v) is 4.35. The van der Waals surface area contributed by atoms with Gasteiger partial charge in [0.1, 0.15) is 23.9 Å². The Hall–Kier alpha value is -3.87. The molecule has 1 N–H and O–H groups in total. The zero-order valence-corrected chi connectivity index (χ0v) is 17.1. The number of hydrogen-bond acceptors (Lipinski definition) is 4. The van der Waals surface area contributed by atoms with Crippen LogP contribution in [0.2, 0.25) is 0 Å². The van der Waals surface area contributed by atoms with E-state index >= 15 is 0 Å². The average molecular weight is 422 g/mol. The second kappa shape index (κ2) is 10.8. The normalized spacial score (nSPS) is 10.3. The highest BCUT2D eigenvalue weighted by Gasteiger charge is 2.14. The van der Waals surface area contributed by atoms with Crippen molar-refractivity contribution in [1.29, 1.82) is 0 Å². The van der Waals surface area contributed by atoms with Gasteiger partial charge in [-0.05, 0) is 48.0 Å². The van der Waals surface area contributed by atoms with Gasteiger partial charge in [-0.15, -0.1) is 0 Å². The van der Waals surface area contributed by atoms with Crippen LogP contribution >= 0.6 is 0 Å². The first-order chi connectivity index (χ1) is 15.0. The van der Waals surface area contributed by atoms with Crippen molar-refractivity contribution in [3.8, 4) is 11.5 Å². The van der Waals surface area contributed by atoms with Crippen molar-refractivity contribution in [3.05, 3.63) is 90.2 Å². The summed E-state index contributed by atoms with van der Waals surface area (Å²) in [6, 6.07) is 22.3. The predicted octanol–water partition coefficient (Wildman–Crippen LogP) is 3.88. The number of benzene rings is 3. The lowest BCUT2D eigenvalue weighted by molar-refractivity contribution is -0.135. The number of halogens is 1. The fraction of sp³-hybridized carbons (Fsp3) is 0.167. The summed E-state index contributed by atoms with van der Waals surface area (Å²) in [4.78, 5) is 25.5. The highest BCUT2D eigenvalue weighted by atomic mass is 19.1. The van der Waals surface area contributed by atoms with Crippen LogP contribution in [0.1, 0.15) is 5.56 Å². The van der Waals surface area contributed by atoms with Crippen molar-refractivity contribution in [2.45, 2.75) is 6.61 Å². The molecule has 0 radical (unpaired) electrons. The van der Waals surface area contributed by atoms with E-state index in [4.69, 9.17) is 9.47 Å². The number of rotatable bonds is 9. The van der Waals surface area contributed by atoms with Gasteiger partial charge in [-0.1, -0.05) is 36.4 Å². The number of nitrogens with zero attached hydrogens (tertiary/aromatic N) is 1. The van der Waals surface area contributed by atoms with Crippen molar-refractivity contribution >= 4 is 17.5 Å². The Bertz CT molecular complexity index is 1010. The minimum atomic E-state index is -0.452. The predicted molar refractivity (Wildman–Crippen MR) is 115 cm³/mol. The average Bonchev–Trinajstić information content (AvgIpc) is 2.77. The highest BCUT2D eigenvalue weighted by Crippen LogP contribution is 2.19. The fourth-order valence-electron chi connectivity index (χ4n) is 2.70. The number of amides is 2. The summed E-state index contributed by atoms with van der Waals surface area (Å²) in [5, 5.41) is 2.54. The van der Waals surface area contributed by atoms with Crippen LogP contribution in [0, 0.1) is 5.82 Å². The zero-order valence-electron chi connectivity index (χ0n) is 17.1. The van der Waals surface area contributed by atoms with Gasteiger partial charge in [0.25, 0.3) is 5.91 Å². The number of likely N-dealkylation sites (N-methyl/N-ethyl adjacent to an activating group) is 1. The van der Waals surface area contributed by atoms with Crippen LogP contribution in [0.15, 0.2) is 78.9 Å². The van der Waals surface area contributed by atoms with Gasteiger partial charge in [0.05, 0.1) is 6.54 Å². The number of anilines is 1. The number of nitrogens with one attached hydrogen (secondary N) is 1. The lowest BCUT2D eigenvalue weighted by Crippen LogP contribution is -2.37. The van der Waals surface area contributed by atoms with Gasteiger partial charge in [-0.25, -0.2) is 4.39 Å². The van der Waals surface area contributed by atoms with Crippen LogP contribution in [0.4, 0.5) is 10.1 Å². The molecule has 0 aliphatic carbocycles. The van der Waals surface area contributed by atoms with Gasteiger partial charge >= 0.3 is 0 Å². The van der Waals surface area contributed by atoms with Crippen LogP contribution in [0.5, 0.6) is 11.5 Å². The number of hydrogen-bond donors (Lipinski definition) is 1. The SMILES string of the molecule is CN(CC(=O)Nc1cccc(F)c1)C(=O)COc1ccc(OCc2ccccc2)cc1. The standard InChI is InChI=1S/C24H23FN2O4/c1-27(15-23(28)26-20-9-5-8-19(25)14-20)24(29)17-31-22-12-10-21(11-13-22)30-16-18-6-3-2-4-7-18/h2-14H,15-17H2,1H3,(H,26,28). The van der Waals surface area contributed by atoms with Gasteiger partial charge < -0.3 is 19.7 Å². The molecule has 6 nitrogen and oxygen atoms in total. The van der Waals surface area contributed by atoms with Crippen LogP contribution in [-0.2, 0) is 16.2 Å².